The van der Waals surface area contributed by atoms with Crippen molar-refractivity contribution in [2.75, 3.05) is 0 Å². The summed E-state index contributed by atoms with van der Waals surface area (Å²) in [7, 11) is 0. The van der Waals surface area contributed by atoms with Gasteiger partial charge in [-0.1, -0.05) is 6.92 Å². The van der Waals surface area contributed by atoms with E-state index in [1.54, 1.807) is 0 Å². The summed E-state index contributed by atoms with van der Waals surface area (Å²) in [5, 5.41) is 0. The standard InChI is InChI=1S/C15H21FN2O2/c1-10-2-5-13(6-3-10)20-9-12-8-11(15(19)18-17)4-7-14(12)16/h4,7-8,10,13H,2-3,5-6,9,17H2,1H3,(H,18,19). The van der Waals surface area contributed by atoms with Crippen LogP contribution in [0.2, 0.25) is 0 Å². The number of hydrogen-bond acceptors (Lipinski definition) is 3. The molecule has 0 spiro atoms. The van der Waals surface area contributed by atoms with E-state index in [9.17, 15) is 9.18 Å². The molecule has 0 unspecified atom stereocenters. The van der Waals surface area contributed by atoms with Crippen molar-refractivity contribution in [1.82, 2.24) is 5.43 Å². The SMILES string of the molecule is CC1CCC(OCc2cc(C(=O)NN)ccc2F)CC1. The summed E-state index contributed by atoms with van der Waals surface area (Å²) in [4.78, 5) is 11.4. The maximum Gasteiger partial charge on any atom is 0.265 e. The van der Waals surface area contributed by atoms with Gasteiger partial charge in [-0.15, -0.1) is 0 Å². The Bertz CT molecular complexity index is 471. The van der Waals surface area contributed by atoms with E-state index in [1.165, 1.54) is 18.2 Å². The Kier molecular flexibility index (Phi) is 5.09. The van der Waals surface area contributed by atoms with Gasteiger partial charge in [0.25, 0.3) is 5.91 Å². The Morgan fingerprint density at radius 1 is 1.40 bits per heavy atom. The molecule has 0 saturated heterocycles. The Labute approximate surface area is 118 Å². The van der Waals surface area contributed by atoms with Crippen LogP contribution in [0.5, 0.6) is 0 Å². The summed E-state index contributed by atoms with van der Waals surface area (Å²) in [5.74, 6) is 5.03. The number of ether oxygens (including phenoxy) is 1. The van der Waals surface area contributed by atoms with Crippen molar-refractivity contribution < 1.29 is 13.9 Å². The van der Waals surface area contributed by atoms with Crippen LogP contribution in [-0.4, -0.2) is 12.0 Å². The van der Waals surface area contributed by atoms with Crippen LogP contribution in [0, 0.1) is 11.7 Å². The summed E-state index contributed by atoms with van der Waals surface area (Å²) >= 11 is 0. The van der Waals surface area contributed by atoms with Crippen LogP contribution in [0.15, 0.2) is 18.2 Å². The minimum absolute atomic E-state index is 0.191. The second kappa shape index (κ2) is 6.81. The molecule has 1 saturated carbocycles. The first-order chi connectivity index (χ1) is 9.60. The van der Waals surface area contributed by atoms with Gasteiger partial charge in [0.2, 0.25) is 0 Å². The predicted molar refractivity (Wildman–Crippen MR) is 74.3 cm³/mol. The number of amides is 1. The number of nitrogens with two attached hydrogens (primary N) is 1. The van der Waals surface area contributed by atoms with Gasteiger partial charge in [-0.05, 0) is 49.8 Å². The fourth-order valence-corrected chi connectivity index (χ4v) is 2.51. The summed E-state index contributed by atoms with van der Waals surface area (Å²) in [6.45, 7) is 2.43. The highest BCUT2D eigenvalue weighted by molar-refractivity contribution is 5.93. The van der Waals surface area contributed by atoms with Crippen molar-refractivity contribution in [1.29, 1.82) is 0 Å². The predicted octanol–water partition coefficient (Wildman–Crippen LogP) is 2.52. The average molecular weight is 280 g/mol. The van der Waals surface area contributed by atoms with Crippen LogP contribution in [0.3, 0.4) is 0 Å². The third-order valence-corrected chi connectivity index (χ3v) is 3.88. The number of benzene rings is 1. The number of carbonyl (C=O) groups is 1. The number of nitrogens with one attached hydrogen (secondary N) is 1. The van der Waals surface area contributed by atoms with Crippen molar-refractivity contribution in [3.63, 3.8) is 0 Å². The van der Waals surface area contributed by atoms with Crippen LogP contribution in [0.1, 0.15) is 48.5 Å². The lowest BCUT2D eigenvalue weighted by Crippen LogP contribution is -2.30. The molecule has 4 nitrogen and oxygen atoms in total. The van der Waals surface area contributed by atoms with E-state index >= 15 is 0 Å². The number of nitrogen functional groups attached to an aromatic ring is 1. The average Bonchev–Trinajstić information content (AvgIpc) is 2.47. The van der Waals surface area contributed by atoms with Gasteiger partial charge in [0.15, 0.2) is 0 Å². The molecule has 5 heteroatoms. The second-order valence-electron chi connectivity index (χ2n) is 5.47. The molecule has 0 atom stereocenters. The summed E-state index contributed by atoms with van der Waals surface area (Å²) in [6.07, 6.45) is 4.54. The molecular weight excluding hydrogens is 259 g/mol. The van der Waals surface area contributed by atoms with Gasteiger partial charge in [0.1, 0.15) is 5.82 Å². The highest BCUT2D eigenvalue weighted by Crippen LogP contribution is 2.26. The number of halogens is 1. The van der Waals surface area contributed by atoms with Gasteiger partial charge in [0.05, 0.1) is 12.7 Å². The van der Waals surface area contributed by atoms with Gasteiger partial charge in [-0.2, -0.15) is 0 Å². The number of carbonyl (C=O) groups excluding carboxylic acids is 1. The topological polar surface area (TPSA) is 64.3 Å². The van der Waals surface area contributed by atoms with E-state index in [4.69, 9.17) is 10.6 Å². The Morgan fingerprint density at radius 2 is 2.10 bits per heavy atom. The zero-order chi connectivity index (χ0) is 14.5. The van der Waals surface area contributed by atoms with Crippen LogP contribution in [0.4, 0.5) is 4.39 Å². The second-order valence-corrected chi connectivity index (χ2v) is 5.47. The van der Waals surface area contributed by atoms with Gasteiger partial charge < -0.3 is 4.74 Å². The lowest BCUT2D eigenvalue weighted by Gasteiger charge is -2.26. The highest BCUT2D eigenvalue weighted by Gasteiger charge is 2.19. The molecule has 1 fully saturated rings. The fraction of sp³-hybridized carbons (Fsp3) is 0.533. The van der Waals surface area contributed by atoms with Crippen molar-refractivity contribution in [3.05, 3.63) is 35.1 Å². The quantitative estimate of drug-likeness (QED) is 0.506. The lowest BCUT2D eigenvalue weighted by atomic mass is 9.89. The molecule has 0 radical (unpaired) electrons. The minimum Gasteiger partial charge on any atom is -0.373 e. The van der Waals surface area contributed by atoms with E-state index in [2.05, 4.69) is 6.92 Å². The minimum atomic E-state index is -0.433. The Hall–Kier alpha value is -1.46. The molecule has 1 aromatic carbocycles. The molecule has 0 aromatic heterocycles. The zero-order valence-corrected chi connectivity index (χ0v) is 11.7. The molecular formula is C15H21FN2O2. The van der Waals surface area contributed by atoms with E-state index < -0.39 is 5.91 Å². The monoisotopic (exact) mass is 280 g/mol. The van der Waals surface area contributed by atoms with Gasteiger partial charge in [-0.3, -0.25) is 10.2 Å². The number of hydrogen-bond donors (Lipinski definition) is 2. The molecule has 3 N–H and O–H groups in total. The molecule has 1 amide bonds. The summed E-state index contributed by atoms with van der Waals surface area (Å²) in [5.41, 5.74) is 2.77. The van der Waals surface area contributed by atoms with E-state index in [-0.39, 0.29) is 18.5 Å². The van der Waals surface area contributed by atoms with Gasteiger partial charge >= 0.3 is 0 Å². The van der Waals surface area contributed by atoms with Crippen LogP contribution >= 0.6 is 0 Å². The summed E-state index contributed by atoms with van der Waals surface area (Å²) in [6, 6.07) is 4.17. The Balaban J connectivity index is 1.96. The van der Waals surface area contributed by atoms with E-state index in [0.717, 1.165) is 31.6 Å². The van der Waals surface area contributed by atoms with Crippen molar-refractivity contribution in [2.24, 2.45) is 11.8 Å². The zero-order valence-electron chi connectivity index (χ0n) is 11.7. The highest BCUT2D eigenvalue weighted by atomic mass is 19.1. The molecule has 0 heterocycles. The molecule has 2 rings (SSSR count). The number of rotatable bonds is 4. The molecule has 0 bridgehead atoms. The normalized spacial score (nSPS) is 22.6. The molecule has 20 heavy (non-hydrogen) atoms. The fourth-order valence-electron chi connectivity index (χ4n) is 2.51. The van der Waals surface area contributed by atoms with Gasteiger partial charge in [-0.25, -0.2) is 10.2 Å². The first-order valence-corrected chi connectivity index (χ1v) is 7.01. The van der Waals surface area contributed by atoms with Crippen LogP contribution in [-0.2, 0) is 11.3 Å². The van der Waals surface area contributed by atoms with Crippen molar-refractivity contribution in [2.45, 2.75) is 45.3 Å². The van der Waals surface area contributed by atoms with Crippen LogP contribution in [0.25, 0.3) is 0 Å². The van der Waals surface area contributed by atoms with Crippen molar-refractivity contribution >= 4 is 5.91 Å². The van der Waals surface area contributed by atoms with Crippen LogP contribution < -0.4 is 11.3 Å². The maximum absolute atomic E-state index is 13.7. The van der Waals surface area contributed by atoms with E-state index in [0.29, 0.717) is 11.1 Å². The lowest BCUT2D eigenvalue weighted by molar-refractivity contribution is 0.00758. The Morgan fingerprint density at radius 3 is 2.75 bits per heavy atom. The van der Waals surface area contributed by atoms with E-state index in [1.807, 2.05) is 5.43 Å². The molecule has 0 aliphatic heterocycles. The van der Waals surface area contributed by atoms with Crippen molar-refractivity contribution in [3.8, 4) is 0 Å². The number of hydrazine groups is 1. The largest absolute Gasteiger partial charge is 0.373 e. The maximum atomic E-state index is 13.7. The third kappa shape index (κ3) is 3.77. The summed E-state index contributed by atoms with van der Waals surface area (Å²) < 4.78 is 19.5. The first-order valence-electron chi connectivity index (χ1n) is 7.01. The smallest absolute Gasteiger partial charge is 0.265 e. The first kappa shape index (κ1) is 14.9. The third-order valence-electron chi connectivity index (χ3n) is 3.88. The molecule has 1 aliphatic rings. The van der Waals surface area contributed by atoms with Gasteiger partial charge in [0, 0.05) is 11.1 Å². The molecule has 1 aromatic rings. The molecule has 110 valence electrons. The molecule has 1 aliphatic carbocycles.